The molecule has 0 radical (unpaired) electrons. The van der Waals surface area contributed by atoms with Gasteiger partial charge in [-0.05, 0) is 35.9 Å². The molecule has 1 saturated heterocycles. The number of aliphatic hydroxyl groups excluding tert-OH is 3. The molecule has 0 aromatic heterocycles. The molecule has 0 saturated carbocycles. The van der Waals surface area contributed by atoms with Gasteiger partial charge < -0.3 is 64.5 Å². The van der Waals surface area contributed by atoms with Gasteiger partial charge in [-0.2, -0.15) is 0 Å². The monoisotopic (exact) mass is 602 g/mol. The lowest BCUT2D eigenvalue weighted by Gasteiger charge is -2.44. The lowest BCUT2D eigenvalue weighted by molar-refractivity contribution is -0.316. The Hall–Kier alpha value is -4.47. The molecule has 14 heteroatoms. The average Bonchev–Trinajstić information content (AvgIpc) is 2.98. The largest absolute Gasteiger partial charge is 0.508 e. The Balaban J connectivity index is 1.44. The Morgan fingerprint density at radius 3 is 2.35 bits per heavy atom. The van der Waals surface area contributed by atoms with Crippen LogP contribution < -0.4 is 9.47 Å². The van der Waals surface area contributed by atoms with E-state index in [4.69, 9.17) is 23.7 Å². The molecule has 14 nitrogen and oxygen atoms in total. The number of ether oxygens (including phenoxy) is 5. The third kappa shape index (κ3) is 5.91. The molecular weight excluding hydrogens is 572 g/mol. The van der Waals surface area contributed by atoms with Crippen molar-refractivity contribution in [1.29, 1.82) is 0 Å². The van der Waals surface area contributed by atoms with E-state index >= 15 is 0 Å². The molecule has 43 heavy (non-hydrogen) atoms. The summed E-state index contributed by atoms with van der Waals surface area (Å²) in [5.41, 5.74) is 0.485. The van der Waals surface area contributed by atoms with Crippen LogP contribution in [0.3, 0.4) is 0 Å². The fourth-order valence-corrected chi connectivity index (χ4v) is 5.04. The number of phenolic OH excluding ortho intramolecular Hbond substituents is 5. The second kappa shape index (κ2) is 12.0. The standard InChI is InChI=1S/C29H30O14/c1-39-21-7-13(3-5-17(21)33)28(38)43-27-24(36)23(11-30)42-29(25(27)37)41-22-10-15-18(34)8-14(31)9-20(15)40-26(22)12-2-4-16(32)19(35)6-12/h2-9,22-27,29-37H,10-11H2,1H3/t22-,23-,24-,25-,26-,27-,29-/m1/s1. The van der Waals surface area contributed by atoms with Crippen molar-refractivity contribution >= 4 is 5.97 Å². The number of rotatable bonds is 7. The van der Waals surface area contributed by atoms with Gasteiger partial charge in [0.15, 0.2) is 41.5 Å². The number of benzene rings is 3. The molecule has 0 spiro atoms. The Morgan fingerprint density at radius 2 is 1.65 bits per heavy atom. The minimum Gasteiger partial charge on any atom is -0.508 e. The molecule has 0 amide bonds. The van der Waals surface area contributed by atoms with Crippen LogP contribution in [0.2, 0.25) is 0 Å². The first-order chi connectivity index (χ1) is 20.5. The van der Waals surface area contributed by atoms with Gasteiger partial charge in [0.1, 0.15) is 41.7 Å². The molecule has 230 valence electrons. The highest BCUT2D eigenvalue weighted by atomic mass is 16.7. The van der Waals surface area contributed by atoms with Gasteiger partial charge in [0, 0.05) is 24.1 Å². The third-order valence-electron chi connectivity index (χ3n) is 7.28. The number of fused-ring (bicyclic) bond motifs is 1. The molecular formula is C29H30O14. The van der Waals surface area contributed by atoms with E-state index in [0.717, 1.165) is 6.07 Å². The van der Waals surface area contributed by atoms with E-state index in [1.165, 1.54) is 49.6 Å². The van der Waals surface area contributed by atoms with Crippen LogP contribution in [0.15, 0.2) is 48.5 Å². The zero-order chi connectivity index (χ0) is 31.0. The van der Waals surface area contributed by atoms with Crippen LogP contribution >= 0.6 is 0 Å². The lowest BCUT2D eigenvalue weighted by atomic mass is 9.93. The number of hydrogen-bond donors (Lipinski definition) is 8. The number of phenols is 5. The van der Waals surface area contributed by atoms with E-state index in [-0.39, 0.29) is 46.3 Å². The normalized spacial score (nSPS) is 26.7. The van der Waals surface area contributed by atoms with Crippen molar-refractivity contribution in [1.82, 2.24) is 0 Å². The third-order valence-corrected chi connectivity index (χ3v) is 7.28. The van der Waals surface area contributed by atoms with Crippen LogP contribution in [-0.4, -0.2) is 97.3 Å². The molecule has 7 atom stereocenters. The molecule has 0 bridgehead atoms. The SMILES string of the molecule is COc1cc(C(=O)O[C@H]2[C@@H](O)[C@H](O[C@@H]3Cc4c(O)cc(O)cc4O[C@@H]3c3ccc(O)c(O)c3)O[C@H](CO)[C@H]2O)ccc1O. The fraction of sp³-hybridized carbons (Fsp3) is 0.345. The quantitative estimate of drug-likeness (QED) is 0.139. The van der Waals surface area contributed by atoms with Gasteiger partial charge in [-0.15, -0.1) is 0 Å². The predicted octanol–water partition coefficient (Wildman–Crippen LogP) is 0.949. The number of carbonyl (C=O) groups excluding carboxylic acids is 1. The summed E-state index contributed by atoms with van der Waals surface area (Å²) < 4.78 is 28.2. The second-order valence-electron chi connectivity index (χ2n) is 10.1. The van der Waals surface area contributed by atoms with E-state index in [2.05, 4.69) is 0 Å². The number of esters is 1. The number of methoxy groups -OCH3 is 1. The van der Waals surface area contributed by atoms with E-state index in [9.17, 15) is 45.6 Å². The highest BCUT2D eigenvalue weighted by molar-refractivity contribution is 5.90. The van der Waals surface area contributed by atoms with E-state index in [0.29, 0.717) is 5.56 Å². The second-order valence-corrected chi connectivity index (χ2v) is 10.1. The van der Waals surface area contributed by atoms with E-state index in [1.54, 1.807) is 0 Å². The molecule has 3 aromatic rings. The molecule has 0 aliphatic carbocycles. The Bertz CT molecular complexity index is 1490. The van der Waals surface area contributed by atoms with Crippen molar-refractivity contribution in [3.63, 3.8) is 0 Å². The summed E-state index contributed by atoms with van der Waals surface area (Å²) >= 11 is 0. The van der Waals surface area contributed by atoms with E-state index < -0.39 is 67.0 Å². The van der Waals surface area contributed by atoms with Crippen LogP contribution in [0.4, 0.5) is 0 Å². The van der Waals surface area contributed by atoms with Crippen LogP contribution in [0, 0.1) is 0 Å². The Labute approximate surface area is 244 Å². The van der Waals surface area contributed by atoms with Crippen molar-refractivity contribution in [2.45, 2.75) is 49.3 Å². The van der Waals surface area contributed by atoms with Crippen molar-refractivity contribution in [3.8, 4) is 40.2 Å². The minimum absolute atomic E-state index is 0.0163. The summed E-state index contributed by atoms with van der Waals surface area (Å²) in [6, 6.07) is 9.91. The molecule has 2 aliphatic rings. The molecule has 0 unspecified atom stereocenters. The van der Waals surface area contributed by atoms with E-state index in [1.807, 2.05) is 0 Å². The van der Waals surface area contributed by atoms with Gasteiger partial charge in [0.05, 0.1) is 19.3 Å². The maximum atomic E-state index is 12.9. The number of carbonyl (C=O) groups is 1. The van der Waals surface area contributed by atoms with Crippen LogP contribution in [0.25, 0.3) is 0 Å². The fourth-order valence-electron chi connectivity index (χ4n) is 5.04. The topological polar surface area (TPSA) is 225 Å². The predicted molar refractivity (Wildman–Crippen MR) is 143 cm³/mol. The lowest BCUT2D eigenvalue weighted by Crippen LogP contribution is -2.61. The van der Waals surface area contributed by atoms with Crippen molar-refractivity contribution < 1.29 is 69.3 Å². The Morgan fingerprint density at radius 1 is 0.907 bits per heavy atom. The van der Waals surface area contributed by atoms with Gasteiger partial charge >= 0.3 is 5.97 Å². The summed E-state index contributed by atoms with van der Waals surface area (Å²) in [6.45, 7) is -0.742. The minimum atomic E-state index is -1.80. The molecule has 2 aliphatic heterocycles. The zero-order valence-electron chi connectivity index (χ0n) is 22.6. The summed E-state index contributed by atoms with van der Waals surface area (Å²) in [4.78, 5) is 12.9. The summed E-state index contributed by atoms with van der Waals surface area (Å²) in [5, 5.41) is 82.0. The molecule has 5 rings (SSSR count). The molecule has 8 N–H and O–H groups in total. The average molecular weight is 603 g/mol. The number of aromatic hydroxyl groups is 5. The van der Waals surface area contributed by atoms with Gasteiger partial charge in [0.25, 0.3) is 0 Å². The van der Waals surface area contributed by atoms with Crippen molar-refractivity contribution in [3.05, 3.63) is 65.2 Å². The zero-order valence-corrected chi connectivity index (χ0v) is 22.6. The number of aliphatic hydroxyl groups is 3. The first kappa shape index (κ1) is 30.0. The van der Waals surface area contributed by atoms with Gasteiger partial charge in [0.2, 0.25) is 0 Å². The van der Waals surface area contributed by atoms with Crippen LogP contribution in [0.1, 0.15) is 27.6 Å². The first-order valence-corrected chi connectivity index (χ1v) is 13.1. The van der Waals surface area contributed by atoms with Crippen LogP contribution in [0.5, 0.6) is 40.2 Å². The number of hydrogen-bond acceptors (Lipinski definition) is 14. The highest BCUT2D eigenvalue weighted by Crippen LogP contribution is 2.44. The summed E-state index contributed by atoms with van der Waals surface area (Å²) in [7, 11) is 1.28. The van der Waals surface area contributed by atoms with Crippen LogP contribution in [-0.2, 0) is 20.6 Å². The summed E-state index contributed by atoms with van der Waals surface area (Å²) in [5.74, 6) is -2.56. The van der Waals surface area contributed by atoms with Crippen molar-refractivity contribution in [2.75, 3.05) is 13.7 Å². The highest BCUT2D eigenvalue weighted by Gasteiger charge is 2.49. The van der Waals surface area contributed by atoms with Gasteiger partial charge in [-0.25, -0.2) is 4.79 Å². The molecule has 2 heterocycles. The summed E-state index contributed by atoms with van der Waals surface area (Å²) in [6.07, 6.45) is -10.3. The van der Waals surface area contributed by atoms with Gasteiger partial charge in [-0.1, -0.05) is 6.07 Å². The molecule has 3 aromatic carbocycles. The van der Waals surface area contributed by atoms with Crippen molar-refractivity contribution in [2.24, 2.45) is 0 Å². The smallest absolute Gasteiger partial charge is 0.338 e. The maximum absolute atomic E-state index is 12.9. The molecule has 1 fully saturated rings. The first-order valence-electron chi connectivity index (χ1n) is 13.1. The maximum Gasteiger partial charge on any atom is 0.338 e. The Kier molecular flexibility index (Phi) is 8.39. The van der Waals surface area contributed by atoms with Gasteiger partial charge in [-0.3, -0.25) is 0 Å².